The topological polar surface area (TPSA) is 91.6 Å². The summed E-state index contributed by atoms with van der Waals surface area (Å²) in [5.41, 5.74) is 2.24. The monoisotopic (exact) mass is 404 g/mol. The van der Waals surface area contributed by atoms with Crippen LogP contribution in [-0.4, -0.2) is 40.0 Å². The first-order valence-electron chi connectivity index (χ1n) is 8.73. The quantitative estimate of drug-likeness (QED) is 0.489. The SMILES string of the molecule is CCCC(=O)ON(C)S(=O)(=O)c1ccc(N=Nc2ccc(N(C)C)cc2)cc1. The van der Waals surface area contributed by atoms with E-state index >= 15 is 0 Å². The van der Waals surface area contributed by atoms with Gasteiger partial charge in [-0.1, -0.05) is 6.92 Å². The van der Waals surface area contributed by atoms with Crippen molar-refractivity contribution >= 4 is 33.1 Å². The highest BCUT2D eigenvalue weighted by Crippen LogP contribution is 2.23. The fourth-order valence-corrected chi connectivity index (χ4v) is 3.17. The van der Waals surface area contributed by atoms with Gasteiger partial charge in [0, 0.05) is 33.3 Å². The molecule has 0 atom stereocenters. The molecule has 0 aliphatic carbocycles. The average molecular weight is 404 g/mol. The van der Waals surface area contributed by atoms with Crippen LogP contribution in [0.5, 0.6) is 0 Å². The third kappa shape index (κ3) is 5.61. The minimum Gasteiger partial charge on any atom is -0.378 e. The molecule has 0 aromatic heterocycles. The molecule has 0 unspecified atom stereocenters. The van der Waals surface area contributed by atoms with Gasteiger partial charge in [0.25, 0.3) is 10.0 Å². The average Bonchev–Trinajstić information content (AvgIpc) is 2.67. The molecule has 2 aromatic carbocycles. The third-order valence-electron chi connectivity index (χ3n) is 3.80. The lowest BCUT2D eigenvalue weighted by Crippen LogP contribution is -2.29. The number of sulfonamides is 1. The summed E-state index contributed by atoms with van der Waals surface area (Å²) < 4.78 is 25.5. The van der Waals surface area contributed by atoms with Crippen LogP contribution in [-0.2, 0) is 19.7 Å². The first-order chi connectivity index (χ1) is 13.2. The van der Waals surface area contributed by atoms with Crippen molar-refractivity contribution in [3.05, 3.63) is 48.5 Å². The molecule has 0 amide bonds. The number of carbonyl (C=O) groups excluding carboxylic acids is 1. The van der Waals surface area contributed by atoms with E-state index in [4.69, 9.17) is 4.84 Å². The molecule has 0 aliphatic rings. The molecule has 0 heterocycles. The highest BCUT2D eigenvalue weighted by molar-refractivity contribution is 7.89. The van der Waals surface area contributed by atoms with Crippen molar-refractivity contribution in [1.82, 2.24) is 4.47 Å². The molecule has 0 saturated carbocycles. The third-order valence-corrected chi connectivity index (χ3v) is 5.42. The Kier molecular flexibility index (Phi) is 7.24. The predicted octanol–water partition coefficient (Wildman–Crippen LogP) is 4.05. The standard InChI is InChI=1S/C19H24N4O4S/c1-5-6-19(24)27-23(4)28(25,26)18-13-9-16(10-14-18)21-20-15-7-11-17(12-8-15)22(2)3/h7-14H,5-6H2,1-4H3. The van der Waals surface area contributed by atoms with Crippen molar-refractivity contribution in [2.45, 2.75) is 24.7 Å². The summed E-state index contributed by atoms with van der Waals surface area (Å²) in [7, 11) is 1.16. The van der Waals surface area contributed by atoms with Gasteiger partial charge in [0.05, 0.1) is 16.3 Å². The number of azo groups is 1. The number of carbonyl (C=O) groups is 1. The van der Waals surface area contributed by atoms with Gasteiger partial charge in [-0.05, 0) is 59.4 Å². The van der Waals surface area contributed by atoms with Crippen LogP contribution in [0, 0.1) is 0 Å². The van der Waals surface area contributed by atoms with E-state index in [2.05, 4.69) is 10.2 Å². The molecule has 8 nitrogen and oxygen atoms in total. The number of benzene rings is 2. The summed E-state index contributed by atoms with van der Waals surface area (Å²) in [6.07, 6.45) is 0.721. The highest BCUT2D eigenvalue weighted by atomic mass is 32.2. The molecule has 28 heavy (non-hydrogen) atoms. The van der Waals surface area contributed by atoms with Crippen LogP contribution in [0.4, 0.5) is 17.1 Å². The maximum atomic E-state index is 12.4. The van der Waals surface area contributed by atoms with Crippen LogP contribution in [0.3, 0.4) is 0 Å². The van der Waals surface area contributed by atoms with Crippen molar-refractivity contribution in [2.24, 2.45) is 10.2 Å². The lowest BCUT2D eigenvalue weighted by molar-refractivity contribution is -0.165. The maximum Gasteiger partial charge on any atom is 0.326 e. The Labute approximate surface area is 165 Å². The summed E-state index contributed by atoms with van der Waals surface area (Å²) >= 11 is 0. The summed E-state index contributed by atoms with van der Waals surface area (Å²) in [6.45, 7) is 1.81. The molecule has 0 N–H and O–H groups in total. The second-order valence-electron chi connectivity index (χ2n) is 6.23. The zero-order chi connectivity index (χ0) is 20.7. The zero-order valence-corrected chi connectivity index (χ0v) is 17.2. The summed E-state index contributed by atoms with van der Waals surface area (Å²) in [6, 6.07) is 13.4. The van der Waals surface area contributed by atoms with Gasteiger partial charge in [0.1, 0.15) is 0 Å². The first-order valence-corrected chi connectivity index (χ1v) is 10.2. The fourth-order valence-electron chi connectivity index (χ4n) is 2.21. The summed E-state index contributed by atoms with van der Waals surface area (Å²) in [5, 5.41) is 8.25. The van der Waals surface area contributed by atoms with E-state index in [9.17, 15) is 13.2 Å². The molecule has 2 aromatic rings. The van der Waals surface area contributed by atoms with Crippen molar-refractivity contribution in [3.8, 4) is 0 Å². The minimum atomic E-state index is -3.94. The van der Waals surface area contributed by atoms with Gasteiger partial charge >= 0.3 is 5.97 Å². The molecule has 2 rings (SSSR count). The second kappa shape index (κ2) is 9.43. The maximum absolute atomic E-state index is 12.4. The molecular weight excluding hydrogens is 380 g/mol. The highest BCUT2D eigenvalue weighted by Gasteiger charge is 2.24. The van der Waals surface area contributed by atoms with Crippen molar-refractivity contribution in [3.63, 3.8) is 0 Å². The fraction of sp³-hybridized carbons (Fsp3) is 0.316. The van der Waals surface area contributed by atoms with Gasteiger partial charge in [0.15, 0.2) is 0 Å². The molecule has 0 radical (unpaired) electrons. The Morgan fingerprint density at radius 1 is 0.929 bits per heavy atom. The Balaban J connectivity index is 2.08. The normalized spacial score (nSPS) is 11.8. The summed E-state index contributed by atoms with van der Waals surface area (Å²) in [5.74, 6) is -0.598. The smallest absolute Gasteiger partial charge is 0.326 e. The molecule has 150 valence electrons. The number of anilines is 1. The van der Waals surface area contributed by atoms with Crippen LogP contribution >= 0.6 is 0 Å². The second-order valence-corrected chi connectivity index (χ2v) is 8.17. The van der Waals surface area contributed by atoms with E-state index in [0.29, 0.717) is 22.3 Å². The number of hydrogen-bond acceptors (Lipinski definition) is 7. The van der Waals surface area contributed by atoms with E-state index < -0.39 is 16.0 Å². The van der Waals surface area contributed by atoms with Gasteiger partial charge in [-0.15, -0.1) is 0 Å². The van der Waals surface area contributed by atoms with Crippen LogP contribution in [0.15, 0.2) is 63.7 Å². The number of hydrogen-bond donors (Lipinski definition) is 0. The molecule has 0 aliphatic heterocycles. The summed E-state index contributed by atoms with van der Waals surface area (Å²) in [4.78, 5) is 18.3. The molecule has 9 heteroatoms. The lowest BCUT2D eigenvalue weighted by Gasteiger charge is -2.16. The molecule has 0 fully saturated rings. The van der Waals surface area contributed by atoms with Gasteiger partial charge in [-0.3, -0.25) is 4.79 Å². The van der Waals surface area contributed by atoms with Crippen LogP contribution in [0.1, 0.15) is 19.8 Å². The van der Waals surface area contributed by atoms with E-state index in [1.807, 2.05) is 43.3 Å². The molecular formula is C19H24N4O4S. The Morgan fingerprint density at radius 2 is 1.43 bits per heavy atom. The van der Waals surface area contributed by atoms with E-state index in [-0.39, 0.29) is 11.3 Å². The number of rotatable bonds is 8. The van der Waals surface area contributed by atoms with Gasteiger partial charge in [0.2, 0.25) is 0 Å². The van der Waals surface area contributed by atoms with E-state index in [0.717, 1.165) is 5.69 Å². The van der Waals surface area contributed by atoms with Crippen LogP contribution < -0.4 is 4.90 Å². The molecule has 0 bridgehead atoms. The van der Waals surface area contributed by atoms with Crippen molar-refractivity contribution in [1.29, 1.82) is 0 Å². The largest absolute Gasteiger partial charge is 0.378 e. The number of hydroxylamine groups is 1. The number of nitrogens with zero attached hydrogens (tertiary/aromatic N) is 4. The Hall–Kier alpha value is -2.78. The van der Waals surface area contributed by atoms with E-state index in [1.165, 1.54) is 31.3 Å². The molecule has 0 spiro atoms. The molecule has 0 saturated heterocycles. The zero-order valence-electron chi connectivity index (χ0n) is 16.4. The predicted molar refractivity (Wildman–Crippen MR) is 107 cm³/mol. The van der Waals surface area contributed by atoms with Gasteiger partial charge in [-0.2, -0.15) is 10.2 Å². The van der Waals surface area contributed by atoms with Crippen LogP contribution in [0.2, 0.25) is 0 Å². The van der Waals surface area contributed by atoms with Crippen molar-refractivity contribution in [2.75, 3.05) is 26.0 Å². The Morgan fingerprint density at radius 3 is 1.89 bits per heavy atom. The lowest BCUT2D eigenvalue weighted by atomic mass is 10.3. The van der Waals surface area contributed by atoms with E-state index in [1.54, 1.807) is 6.92 Å². The first kappa shape index (κ1) is 21.5. The van der Waals surface area contributed by atoms with Gasteiger partial charge in [-0.25, -0.2) is 8.42 Å². The van der Waals surface area contributed by atoms with Crippen molar-refractivity contribution < 1.29 is 18.0 Å². The van der Waals surface area contributed by atoms with Gasteiger partial charge < -0.3 is 9.74 Å². The Bertz CT molecular complexity index is 923. The van der Waals surface area contributed by atoms with Crippen LogP contribution in [0.25, 0.3) is 0 Å². The minimum absolute atomic E-state index is 0.00594.